The van der Waals surface area contributed by atoms with Crippen molar-refractivity contribution in [3.05, 3.63) is 64.4 Å². The fourth-order valence-corrected chi connectivity index (χ4v) is 3.39. The summed E-state index contributed by atoms with van der Waals surface area (Å²) >= 11 is 13.3. The number of hydrogen-bond donors (Lipinski definition) is 1. The van der Waals surface area contributed by atoms with Crippen LogP contribution < -0.4 is 5.32 Å². The van der Waals surface area contributed by atoms with E-state index in [1.807, 2.05) is 41.8 Å². The maximum Gasteiger partial charge on any atom is 0.230 e. The molecule has 1 aromatic carbocycles. The maximum atomic E-state index is 12.2. The number of aromatic nitrogens is 2. The van der Waals surface area contributed by atoms with Gasteiger partial charge in [-0.15, -0.1) is 0 Å². The third kappa shape index (κ3) is 3.86. The van der Waals surface area contributed by atoms with Crippen molar-refractivity contribution < 1.29 is 4.79 Å². The van der Waals surface area contributed by atoms with Crippen LogP contribution in [0, 0.1) is 0 Å². The average molecular weight is 380 g/mol. The van der Waals surface area contributed by atoms with Crippen LogP contribution in [0.25, 0.3) is 5.52 Å². The van der Waals surface area contributed by atoms with Crippen molar-refractivity contribution in [2.24, 2.45) is 0 Å². The Labute approximate surface area is 154 Å². The fourth-order valence-electron chi connectivity index (χ4n) is 2.30. The number of carbonyl (C=O) groups excluding carboxylic acids is 1. The summed E-state index contributed by atoms with van der Waals surface area (Å²) in [6.07, 6.45) is 3.72. The first-order chi connectivity index (χ1) is 11.5. The normalized spacial score (nSPS) is 12.3. The topological polar surface area (TPSA) is 46.4 Å². The number of imidazole rings is 1. The van der Waals surface area contributed by atoms with Gasteiger partial charge in [0.15, 0.2) is 5.16 Å². The predicted molar refractivity (Wildman–Crippen MR) is 98.9 cm³/mol. The van der Waals surface area contributed by atoms with Gasteiger partial charge in [-0.3, -0.25) is 9.20 Å². The lowest BCUT2D eigenvalue weighted by atomic mass is 10.1. The molecular formula is C17H15Cl2N3OS. The molecule has 24 heavy (non-hydrogen) atoms. The number of benzene rings is 1. The number of hydrogen-bond acceptors (Lipinski definition) is 3. The van der Waals surface area contributed by atoms with Crippen LogP contribution in [0.15, 0.2) is 53.9 Å². The molecule has 1 amide bonds. The molecule has 0 saturated carbocycles. The number of halogens is 2. The molecule has 0 aliphatic heterocycles. The Hall–Kier alpha value is -1.69. The molecule has 124 valence electrons. The molecule has 4 nitrogen and oxygen atoms in total. The van der Waals surface area contributed by atoms with E-state index >= 15 is 0 Å². The van der Waals surface area contributed by atoms with Gasteiger partial charge in [0.25, 0.3) is 0 Å². The van der Waals surface area contributed by atoms with Crippen molar-refractivity contribution in [3.8, 4) is 0 Å². The van der Waals surface area contributed by atoms with Gasteiger partial charge >= 0.3 is 0 Å². The van der Waals surface area contributed by atoms with Gasteiger partial charge < -0.3 is 5.32 Å². The van der Waals surface area contributed by atoms with Gasteiger partial charge in [-0.05, 0) is 36.8 Å². The Morgan fingerprint density at radius 2 is 2.12 bits per heavy atom. The van der Waals surface area contributed by atoms with Gasteiger partial charge in [0.1, 0.15) is 0 Å². The Bertz CT molecular complexity index is 881. The summed E-state index contributed by atoms with van der Waals surface area (Å²) in [5.74, 6) is 0.228. The van der Waals surface area contributed by atoms with Crippen LogP contribution in [0.4, 0.5) is 0 Å². The molecule has 3 aromatic rings. The standard InChI is InChI=1S/C17H15Cl2N3OS/c1-11(12-5-6-14(18)15(19)8-12)21-16(23)10-24-17-20-9-13-4-2-3-7-22(13)17/h2-9,11H,10H2,1H3,(H,21,23). The van der Waals surface area contributed by atoms with Crippen LogP contribution in [-0.2, 0) is 4.79 Å². The lowest BCUT2D eigenvalue weighted by Gasteiger charge is -2.14. The van der Waals surface area contributed by atoms with Crippen LogP contribution in [0.1, 0.15) is 18.5 Å². The molecule has 7 heteroatoms. The molecule has 0 aliphatic rings. The number of carbonyl (C=O) groups is 1. The molecule has 0 aliphatic carbocycles. The minimum atomic E-state index is -0.148. The highest BCUT2D eigenvalue weighted by Crippen LogP contribution is 2.25. The Balaban J connectivity index is 1.60. The van der Waals surface area contributed by atoms with E-state index in [1.165, 1.54) is 11.8 Å². The average Bonchev–Trinajstić information content (AvgIpc) is 2.98. The largest absolute Gasteiger partial charge is 0.349 e. The number of nitrogens with one attached hydrogen (secondary N) is 1. The van der Waals surface area contributed by atoms with Gasteiger partial charge in [-0.25, -0.2) is 4.98 Å². The number of amides is 1. The highest BCUT2D eigenvalue weighted by Gasteiger charge is 2.12. The first kappa shape index (κ1) is 17.1. The number of pyridine rings is 1. The van der Waals surface area contributed by atoms with E-state index in [4.69, 9.17) is 23.2 Å². The van der Waals surface area contributed by atoms with E-state index in [0.29, 0.717) is 15.8 Å². The Morgan fingerprint density at radius 1 is 1.29 bits per heavy atom. The molecule has 2 aromatic heterocycles. The number of fused-ring (bicyclic) bond motifs is 1. The van der Waals surface area contributed by atoms with Crippen molar-refractivity contribution in [2.45, 2.75) is 18.1 Å². The molecule has 3 rings (SSSR count). The molecule has 2 heterocycles. The van der Waals surface area contributed by atoms with E-state index in [0.717, 1.165) is 16.2 Å². The minimum absolute atomic E-state index is 0.0637. The van der Waals surface area contributed by atoms with Crippen LogP contribution in [-0.4, -0.2) is 21.0 Å². The number of nitrogens with zero attached hydrogens (tertiary/aromatic N) is 2. The fraction of sp³-hybridized carbons (Fsp3) is 0.176. The summed E-state index contributed by atoms with van der Waals surface area (Å²) in [7, 11) is 0. The van der Waals surface area contributed by atoms with Gasteiger partial charge in [0.05, 0.1) is 33.6 Å². The zero-order valence-electron chi connectivity index (χ0n) is 12.9. The summed E-state index contributed by atoms with van der Waals surface area (Å²) in [6.45, 7) is 1.91. The van der Waals surface area contributed by atoms with E-state index in [9.17, 15) is 4.79 Å². The van der Waals surface area contributed by atoms with Crippen molar-refractivity contribution >= 4 is 46.4 Å². The smallest absolute Gasteiger partial charge is 0.230 e. The summed E-state index contributed by atoms with van der Waals surface area (Å²) in [6, 6.07) is 11.1. The number of rotatable bonds is 5. The quantitative estimate of drug-likeness (QED) is 0.658. The summed E-state index contributed by atoms with van der Waals surface area (Å²) < 4.78 is 1.96. The SMILES string of the molecule is CC(NC(=O)CSc1ncc2ccccn12)c1ccc(Cl)c(Cl)c1. The molecule has 1 N–H and O–H groups in total. The molecule has 0 radical (unpaired) electrons. The highest BCUT2D eigenvalue weighted by atomic mass is 35.5. The molecule has 0 fully saturated rings. The van der Waals surface area contributed by atoms with Gasteiger partial charge in [-0.1, -0.05) is 47.1 Å². The van der Waals surface area contributed by atoms with E-state index in [2.05, 4.69) is 10.3 Å². The maximum absolute atomic E-state index is 12.2. The lowest BCUT2D eigenvalue weighted by molar-refractivity contribution is -0.119. The molecule has 0 saturated heterocycles. The van der Waals surface area contributed by atoms with Crippen LogP contribution in [0.2, 0.25) is 10.0 Å². The van der Waals surface area contributed by atoms with Crippen LogP contribution in [0.5, 0.6) is 0 Å². The lowest BCUT2D eigenvalue weighted by Crippen LogP contribution is -2.28. The molecule has 1 unspecified atom stereocenters. The van der Waals surface area contributed by atoms with E-state index in [1.54, 1.807) is 18.3 Å². The van der Waals surface area contributed by atoms with Gasteiger partial charge in [0, 0.05) is 6.20 Å². The third-order valence-electron chi connectivity index (χ3n) is 3.56. The third-order valence-corrected chi connectivity index (χ3v) is 5.26. The van der Waals surface area contributed by atoms with E-state index < -0.39 is 0 Å². The second-order valence-electron chi connectivity index (χ2n) is 5.29. The number of thioether (sulfide) groups is 1. The molecule has 0 bridgehead atoms. The molecule has 0 spiro atoms. The summed E-state index contributed by atoms with van der Waals surface area (Å²) in [5, 5.41) is 4.73. The van der Waals surface area contributed by atoms with Crippen molar-refractivity contribution in [1.82, 2.24) is 14.7 Å². The zero-order valence-corrected chi connectivity index (χ0v) is 15.2. The van der Waals surface area contributed by atoms with Crippen LogP contribution in [0.3, 0.4) is 0 Å². The van der Waals surface area contributed by atoms with Crippen molar-refractivity contribution in [2.75, 3.05) is 5.75 Å². The Morgan fingerprint density at radius 3 is 2.92 bits per heavy atom. The first-order valence-electron chi connectivity index (χ1n) is 7.34. The summed E-state index contributed by atoms with van der Waals surface area (Å²) in [5.41, 5.74) is 1.92. The molecular weight excluding hydrogens is 365 g/mol. The monoisotopic (exact) mass is 379 g/mol. The van der Waals surface area contributed by atoms with Crippen molar-refractivity contribution in [3.63, 3.8) is 0 Å². The van der Waals surface area contributed by atoms with Gasteiger partial charge in [-0.2, -0.15) is 0 Å². The van der Waals surface area contributed by atoms with Crippen molar-refractivity contribution in [1.29, 1.82) is 0 Å². The van der Waals surface area contributed by atoms with E-state index in [-0.39, 0.29) is 11.9 Å². The second kappa shape index (κ2) is 7.47. The highest BCUT2D eigenvalue weighted by molar-refractivity contribution is 7.99. The molecule has 1 atom stereocenters. The zero-order chi connectivity index (χ0) is 17.1. The minimum Gasteiger partial charge on any atom is -0.349 e. The summed E-state index contributed by atoms with van der Waals surface area (Å²) in [4.78, 5) is 16.5. The Kier molecular flexibility index (Phi) is 5.33. The second-order valence-corrected chi connectivity index (χ2v) is 7.04. The van der Waals surface area contributed by atoms with Crippen LogP contribution >= 0.6 is 35.0 Å². The first-order valence-corrected chi connectivity index (χ1v) is 9.08. The predicted octanol–water partition coefficient (Wildman–Crippen LogP) is 4.61. The van der Waals surface area contributed by atoms with Gasteiger partial charge in [0.2, 0.25) is 5.91 Å².